The van der Waals surface area contributed by atoms with Crippen molar-refractivity contribution < 1.29 is 0 Å². The lowest BCUT2D eigenvalue weighted by Crippen LogP contribution is -2.24. The van der Waals surface area contributed by atoms with E-state index >= 15 is 0 Å². The first-order valence-corrected chi connectivity index (χ1v) is 7.71. The molecule has 0 saturated heterocycles. The van der Waals surface area contributed by atoms with Crippen LogP contribution in [-0.2, 0) is 18.4 Å². The third kappa shape index (κ3) is 2.20. The molecule has 0 amide bonds. The lowest BCUT2D eigenvalue weighted by Gasteiger charge is -2.27. The van der Waals surface area contributed by atoms with Crippen LogP contribution in [0.25, 0.3) is 10.9 Å². The van der Waals surface area contributed by atoms with Gasteiger partial charge in [-0.2, -0.15) is 0 Å². The predicted molar refractivity (Wildman–Crippen MR) is 82.8 cm³/mol. The second-order valence-corrected chi connectivity index (χ2v) is 6.86. The van der Waals surface area contributed by atoms with E-state index in [1.807, 2.05) is 0 Å². The molecule has 0 radical (unpaired) electrons. The van der Waals surface area contributed by atoms with Gasteiger partial charge in [-0.05, 0) is 58.1 Å². The van der Waals surface area contributed by atoms with E-state index in [-0.39, 0.29) is 5.54 Å². The summed E-state index contributed by atoms with van der Waals surface area (Å²) in [7, 11) is 0. The number of para-hydroxylation sites is 1. The maximum atomic E-state index is 2.60. The minimum atomic E-state index is 0.173. The Morgan fingerprint density at radius 1 is 0.895 bits per heavy atom. The highest BCUT2D eigenvalue weighted by molar-refractivity contribution is 5.86. The molecule has 1 heteroatoms. The first kappa shape index (κ1) is 12.8. The molecular weight excluding hydrogens is 230 g/mol. The van der Waals surface area contributed by atoms with Crippen molar-refractivity contribution >= 4 is 10.9 Å². The fraction of sp³-hybridized carbons (Fsp3) is 0.556. The first-order chi connectivity index (χ1) is 9.09. The molecule has 1 aromatic heterocycles. The smallest absolute Gasteiger partial charge is 0.0490 e. The lowest BCUT2D eigenvalue weighted by molar-refractivity contribution is 0.393. The summed E-state index contributed by atoms with van der Waals surface area (Å²) in [6.07, 6.45) is 8.00. The molecule has 0 fully saturated rings. The van der Waals surface area contributed by atoms with E-state index in [1.165, 1.54) is 49.4 Å². The topological polar surface area (TPSA) is 4.93 Å². The van der Waals surface area contributed by atoms with Gasteiger partial charge in [0, 0.05) is 22.1 Å². The van der Waals surface area contributed by atoms with Gasteiger partial charge in [-0.25, -0.2) is 0 Å². The third-order valence-corrected chi connectivity index (χ3v) is 4.35. The SMILES string of the molecule is CC(C)(C)n1c2c(c3ccccc31)CCCCCC2. The molecule has 3 rings (SSSR count). The van der Waals surface area contributed by atoms with Gasteiger partial charge in [-0.1, -0.05) is 31.0 Å². The average Bonchev–Trinajstić information content (AvgIpc) is 2.62. The van der Waals surface area contributed by atoms with Crippen molar-refractivity contribution in [1.82, 2.24) is 4.57 Å². The number of hydrogen-bond acceptors (Lipinski definition) is 0. The van der Waals surface area contributed by atoms with E-state index in [1.54, 1.807) is 11.3 Å². The zero-order chi connectivity index (χ0) is 13.5. The quantitative estimate of drug-likeness (QED) is 0.620. The van der Waals surface area contributed by atoms with Crippen LogP contribution < -0.4 is 0 Å². The Morgan fingerprint density at radius 2 is 1.58 bits per heavy atom. The standard InChI is InChI=1S/C18H25N/c1-18(2,3)19-16-12-7-5-4-6-10-14(16)15-11-8-9-13-17(15)19/h8-9,11,13H,4-7,10,12H2,1-3H3. The lowest BCUT2D eigenvalue weighted by atomic mass is 9.96. The van der Waals surface area contributed by atoms with Crippen molar-refractivity contribution in [2.75, 3.05) is 0 Å². The Kier molecular flexibility index (Phi) is 3.16. The van der Waals surface area contributed by atoms with Crippen molar-refractivity contribution in [3.8, 4) is 0 Å². The average molecular weight is 255 g/mol. The molecular formula is C18H25N. The summed E-state index contributed by atoms with van der Waals surface area (Å²) < 4.78 is 2.60. The van der Waals surface area contributed by atoms with Crippen LogP contribution in [0.15, 0.2) is 24.3 Å². The second kappa shape index (κ2) is 4.70. The van der Waals surface area contributed by atoms with E-state index in [9.17, 15) is 0 Å². The minimum absolute atomic E-state index is 0.173. The van der Waals surface area contributed by atoms with Gasteiger partial charge in [-0.15, -0.1) is 0 Å². The maximum absolute atomic E-state index is 2.60. The molecule has 2 aromatic rings. The van der Waals surface area contributed by atoms with Crippen molar-refractivity contribution in [2.45, 2.75) is 64.8 Å². The van der Waals surface area contributed by atoms with Crippen LogP contribution in [0.3, 0.4) is 0 Å². The highest BCUT2D eigenvalue weighted by Crippen LogP contribution is 2.35. The fourth-order valence-electron chi connectivity index (χ4n) is 3.62. The molecule has 1 heterocycles. The van der Waals surface area contributed by atoms with Gasteiger partial charge in [0.1, 0.15) is 0 Å². The molecule has 0 N–H and O–H groups in total. The van der Waals surface area contributed by atoms with E-state index in [4.69, 9.17) is 0 Å². The third-order valence-electron chi connectivity index (χ3n) is 4.35. The van der Waals surface area contributed by atoms with Crippen molar-refractivity contribution in [1.29, 1.82) is 0 Å². The Bertz CT molecular complexity index is 583. The molecule has 0 spiro atoms. The second-order valence-electron chi connectivity index (χ2n) is 6.86. The Morgan fingerprint density at radius 3 is 2.32 bits per heavy atom. The van der Waals surface area contributed by atoms with Gasteiger partial charge in [0.05, 0.1) is 0 Å². The Hall–Kier alpha value is -1.24. The zero-order valence-electron chi connectivity index (χ0n) is 12.5. The molecule has 1 aromatic carbocycles. The van der Waals surface area contributed by atoms with Crippen LogP contribution in [0, 0.1) is 0 Å². The molecule has 1 aliphatic rings. The summed E-state index contributed by atoms with van der Waals surface area (Å²) in [5.41, 5.74) is 4.84. The Balaban J connectivity index is 2.30. The Labute approximate surface area is 116 Å². The van der Waals surface area contributed by atoms with Crippen molar-refractivity contribution in [2.24, 2.45) is 0 Å². The van der Waals surface area contributed by atoms with Gasteiger partial charge in [0.15, 0.2) is 0 Å². The number of nitrogens with zero attached hydrogens (tertiary/aromatic N) is 1. The van der Waals surface area contributed by atoms with E-state index in [0.717, 1.165) is 0 Å². The van der Waals surface area contributed by atoms with Crippen LogP contribution in [0.5, 0.6) is 0 Å². The van der Waals surface area contributed by atoms with Gasteiger partial charge in [0.25, 0.3) is 0 Å². The molecule has 1 aliphatic carbocycles. The van der Waals surface area contributed by atoms with Crippen LogP contribution in [0.2, 0.25) is 0 Å². The zero-order valence-corrected chi connectivity index (χ0v) is 12.5. The van der Waals surface area contributed by atoms with Gasteiger partial charge >= 0.3 is 0 Å². The van der Waals surface area contributed by atoms with Crippen LogP contribution in [-0.4, -0.2) is 4.57 Å². The van der Waals surface area contributed by atoms with Gasteiger partial charge < -0.3 is 4.57 Å². The van der Waals surface area contributed by atoms with E-state index < -0.39 is 0 Å². The highest BCUT2D eigenvalue weighted by atomic mass is 15.1. The molecule has 0 aliphatic heterocycles. The van der Waals surface area contributed by atoms with Gasteiger partial charge in [0.2, 0.25) is 0 Å². The number of hydrogen-bond donors (Lipinski definition) is 0. The highest BCUT2D eigenvalue weighted by Gasteiger charge is 2.24. The number of rotatable bonds is 0. The number of aryl methyl sites for hydroxylation is 1. The van der Waals surface area contributed by atoms with Gasteiger partial charge in [-0.3, -0.25) is 0 Å². The maximum Gasteiger partial charge on any atom is 0.0490 e. The minimum Gasteiger partial charge on any atom is -0.339 e. The summed E-state index contributed by atoms with van der Waals surface area (Å²) >= 11 is 0. The van der Waals surface area contributed by atoms with Crippen LogP contribution in [0.1, 0.15) is 57.7 Å². The predicted octanol–water partition coefficient (Wildman–Crippen LogP) is 5.06. The number of benzene rings is 1. The largest absolute Gasteiger partial charge is 0.339 e. The molecule has 0 saturated carbocycles. The molecule has 102 valence electrons. The first-order valence-electron chi connectivity index (χ1n) is 7.71. The van der Waals surface area contributed by atoms with Crippen LogP contribution >= 0.6 is 0 Å². The van der Waals surface area contributed by atoms with E-state index in [2.05, 4.69) is 49.6 Å². The van der Waals surface area contributed by atoms with Crippen molar-refractivity contribution in [3.05, 3.63) is 35.5 Å². The van der Waals surface area contributed by atoms with E-state index in [0.29, 0.717) is 0 Å². The molecule has 0 bridgehead atoms. The molecule has 0 atom stereocenters. The summed E-state index contributed by atoms with van der Waals surface area (Å²) in [5.74, 6) is 0. The van der Waals surface area contributed by atoms with Crippen molar-refractivity contribution in [3.63, 3.8) is 0 Å². The number of aromatic nitrogens is 1. The summed E-state index contributed by atoms with van der Waals surface area (Å²) in [4.78, 5) is 0. The summed E-state index contributed by atoms with van der Waals surface area (Å²) in [5, 5.41) is 1.49. The normalized spacial score (nSPS) is 17.0. The summed E-state index contributed by atoms with van der Waals surface area (Å²) in [6, 6.07) is 8.98. The van der Waals surface area contributed by atoms with Crippen LogP contribution in [0.4, 0.5) is 0 Å². The molecule has 1 nitrogen and oxygen atoms in total. The fourth-order valence-corrected chi connectivity index (χ4v) is 3.62. The molecule has 0 unspecified atom stereocenters. The monoisotopic (exact) mass is 255 g/mol. The summed E-state index contributed by atoms with van der Waals surface area (Å²) in [6.45, 7) is 7.00. The number of fused-ring (bicyclic) bond motifs is 3. The molecule has 19 heavy (non-hydrogen) atoms.